The Hall–Kier alpha value is -3.93. The van der Waals surface area contributed by atoms with E-state index >= 15 is 0 Å². The first kappa shape index (κ1) is 31.0. The highest BCUT2D eigenvalue weighted by Crippen LogP contribution is 2.40. The largest absolute Gasteiger partial charge is 0.350 e. The maximum absolute atomic E-state index is 13.2. The minimum Gasteiger partial charge on any atom is -0.350 e. The average molecular weight is 582 g/mol. The Morgan fingerprint density at radius 1 is 0.810 bits per heavy atom. The van der Waals surface area contributed by atoms with E-state index in [0.29, 0.717) is 30.5 Å². The van der Waals surface area contributed by atoms with E-state index in [4.69, 9.17) is 0 Å². The second kappa shape index (κ2) is 15.3. The van der Waals surface area contributed by atoms with Crippen molar-refractivity contribution in [3.8, 4) is 11.1 Å². The van der Waals surface area contributed by atoms with E-state index in [-0.39, 0.29) is 24.2 Å². The van der Waals surface area contributed by atoms with Crippen LogP contribution in [0.3, 0.4) is 0 Å². The molecule has 5 rings (SSSR count). The highest BCUT2D eigenvalue weighted by Gasteiger charge is 2.37. The number of nitrogens with one attached hydrogen (secondary N) is 3. The maximum atomic E-state index is 13.2. The fraction of sp³-hybridized carbons (Fsp3) is 0.278. The number of aryl methyl sites for hydroxylation is 1. The molecule has 3 N–H and O–H groups in total. The van der Waals surface area contributed by atoms with Crippen LogP contribution >= 0.6 is 12.4 Å². The minimum absolute atomic E-state index is 0. The van der Waals surface area contributed by atoms with Gasteiger partial charge in [0.25, 0.3) is 5.91 Å². The van der Waals surface area contributed by atoms with Crippen LogP contribution in [0.15, 0.2) is 109 Å². The molecule has 1 saturated carbocycles. The predicted molar refractivity (Wildman–Crippen MR) is 173 cm³/mol. The molecular weight excluding hydrogens is 542 g/mol. The number of unbranched alkanes of at least 4 members (excludes halogenated alkanes) is 1. The molecule has 4 aromatic carbocycles. The summed E-state index contributed by atoms with van der Waals surface area (Å²) in [5.41, 5.74) is 6.29. The number of amides is 2. The first-order chi connectivity index (χ1) is 20.1. The van der Waals surface area contributed by atoms with Crippen LogP contribution in [0.1, 0.15) is 58.6 Å². The van der Waals surface area contributed by atoms with E-state index in [1.54, 1.807) is 0 Å². The summed E-state index contributed by atoms with van der Waals surface area (Å²) in [5, 5.41) is 9.70. The van der Waals surface area contributed by atoms with Gasteiger partial charge in [0.1, 0.15) is 6.04 Å². The van der Waals surface area contributed by atoms with E-state index in [0.717, 1.165) is 41.6 Å². The molecule has 6 heteroatoms. The first-order valence-electron chi connectivity index (χ1n) is 14.6. The number of rotatable bonds is 13. The topological polar surface area (TPSA) is 70.2 Å². The Bertz CT molecular complexity index is 1430. The van der Waals surface area contributed by atoms with Gasteiger partial charge in [-0.3, -0.25) is 9.59 Å². The summed E-state index contributed by atoms with van der Waals surface area (Å²) in [6.45, 7) is 3.37. The lowest BCUT2D eigenvalue weighted by Crippen LogP contribution is -2.46. The normalized spacial score (nSPS) is 16.1. The van der Waals surface area contributed by atoms with Gasteiger partial charge in [0.2, 0.25) is 5.91 Å². The molecule has 0 saturated heterocycles. The van der Waals surface area contributed by atoms with Crippen molar-refractivity contribution in [3.05, 3.63) is 131 Å². The van der Waals surface area contributed by atoms with E-state index in [2.05, 4.69) is 52.3 Å². The lowest BCUT2D eigenvalue weighted by Gasteiger charge is -2.19. The van der Waals surface area contributed by atoms with Crippen molar-refractivity contribution in [1.82, 2.24) is 16.0 Å². The van der Waals surface area contributed by atoms with Gasteiger partial charge in [-0.25, -0.2) is 0 Å². The number of halogens is 1. The van der Waals surface area contributed by atoms with Gasteiger partial charge in [-0.05, 0) is 73.5 Å². The van der Waals surface area contributed by atoms with Gasteiger partial charge in [-0.1, -0.05) is 103 Å². The summed E-state index contributed by atoms with van der Waals surface area (Å²) >= 11 is 0. The monoisotopic (exact) mass is 581 g/mol. The summed E-state index contributed by atoms with van der Waals surface area (Å²) in [6.07, 6.45) is 3.54. The third-order valence-electron chi connectivity index (χ3n) is 7.77. The fourth-order valence-corrected chi connectivity index (χ4v) is 5.34. The lowest BCUT2D eigenvalue weighted by molar-refractivity contribution is -0.123. The van der Waals surface area contributed by atoms with Crippen LogP contribution in [0.2, 0.25) is 0 Å². The number of hydrogen-bond donors (Lipinski definition) is 3. The maximum Gasteiger partial charge on any atom is 0.251 e. The SMILES string of the molecule is Cc1cccc(CNC(=O)C(CCCCN[C@@H]2C[C@H]2c2ccccc2)NC(=O)c2ccc(-c3ccccc3)cc2)c1.Cl. The van der Waals surface area contributed by atoms with Crippen molar-refractivity contribution in [2.45, 2.75) is 57.2 Å². The van der Waals surface area contributed by atoms with Crippen molar-refractivity contribution in [3.63, 3.8) is 0 Å². The zero-order chi connectivity index (χ0) is 28.4. The summed E-state index contributed by atoms with van der Waals surface area (Å²) in [5.74, 6) is 0.214. The molecule has 1 aliphatic rings. The Labute approximate surface area is 255 Å². The molecule has 5 nitrogen and oxygen atoms in total. The number of benzene rings is 4. The molecule has 1 aliphatic carbocycles. The van der Waals surface area contributed by atoms with Gasteiger partial charge in [0.05, 0.1) is 0 Å². The molecular formula is C36H40ClN3O2. The second-order valence-electron chi connectivity index (χ2n) is 11.0. The summed E-state index contributed by atoms with van der Waals surface area (Å²) in [6, 6.07) is 36.3. The average Bonchev–Trinajstić information content (AvgIpc) is 3.80. The van der Waals surface area contributed by atoms with Crippen molar-refractivity contribution < 1.29 is 9.59 Å². The van der Waals surface area contributed by atoms with E-state index in [9.17, 15) is 9.59 Å². The molecule has 0 aliphatic heterocycles. The highest BCUT2D eigenvalue weighted by atomic mass is 35.5. The minimum atomic E-state index is -0.598. The molecule has 4 aromatic rings. The van der Waals surface area contributed by atoms with Gasteiger partial charge in [0.15, 0.2) is 0 Å². The van der Waals surface area contributed by atoms with Crippen LogP contribution < -0.4 is 16.0 Å². The van der Waals surface area contributed by atoms with Gasteiger partial charge in [-0.15, -0.1) is 12.4 Å². The molecule has 0 heterocycles. The molecule has 0 spiro atoms. The zero-order valence-electron chi connectivity index (χ0n) is 24.1. The van der Waals surface area contributed by atoms with E-state index < -0.39 is 6.04 Å². The smallest absolute Gasteiger partial charge is 0.251 e. The fourth-order valence-electron chi connectivity index (χ4n) is 5.34. The quantitative estimate of drug-likeness (QED) is 0.152. The molecule has 0 aromatic heterocycles. The lowest BCUT2D eigenvalue weighted by atomic mass is 10.0. The van der Waals surface area contributed by atoms with Crippen molar-refractivity contribution in [2.75, 3.05) is 6.54 Å². The van der Waals surface area contributed by atoms with Crippen LogP contribution in [0.4, 0.5) is 0 Å². The van der Waals surface area contributed by atoms with Gasteiger partial charge in [0, 0.05) is 24.1 Å². The number of carbonyl (C=O) groups excluding carboxylic acids is 2. The molecule has 0 bridgehead atoms. The molecule has 1 fully saturated rings. The number of hydrogen-bond acceptors (Lipinski definition) is 3. The Morgan fingerprint density at radius 3 is 2.21 bits per heavy atom. The molecule has 1 unspecified atom stereocenters. The van der Waals surface area contributed by atoms with Crippen LogP contribution in [0, 0.1) is 6.92 Å². The standard InChI is InChI=1S/C36H39N3O2.ClH/c1-26-11-10-12-27(23-26)25-38-36(41)33(17-8-9-22-37-34-24-32(34)30-15-6-3-7-16-30)39-35(40)31-20-18-29(19-21-31)28-13-4-2-5-14-28;/h2-7,10-16,18-21,23,32-34,37H,8-9,17,22,24-25H2,1H3,(H,38,41)(H,39,40);1H/t32-,33?,34+;/m0./s1. The van der Waals surface area contributed by atoms with E-state index in [1.165, 1.54) is 12.0 Å². The Balaban J connectivity index is 0.00000405. The molecule has 0 radical (unpaired) electrons. The Morgan fingerprint density at radius 2 is 1.50 bits per heavy atom. The third kappa shape index (κ3) is 8.78. The number of carbonyl (C=O) groups is 2. The summed E-state index contributed by atoms with van der Waals surface area (Å²) in [4.78, 5) is 26.4. The molecule has 42 heavy (non-hydrogen) atoms. The molecule has 218 valence electrons. The summed E-state index contributed by atoms with van der Waals surface area (Å²) in [7, 11) is 0. The van der Waals surface area contributed by atoms with Gasteiger partial charge in [-0.2, -0.15) is 0 Å². The predicted octanol–water partition coefficient (Wildman–Crippen LogP) is 6.81. The van der Waals surface area contributed by atoms with Crippen molar-refractivity contribution >= 4 is 24.2 Å². The van der Waals surface area contributed by atoms with Crippen LogP contribution in [-0.4, -0.2) is 30.4 Å². The van der Waals surface area contributed by atoms with Gasteiger partial charge >= 0.3 is 0 Å². The van der Waals surface area contributed by atoms with Gasteiger partial charge < -0.3 is 16.0 Å². The summed E-state index contributed by atoms with van der Waals surface area (Å²) < 4.78 is 0. The molecule has 2 amide bonds. The van der Waals surface area contributed by atoms with Crippen LogP contribution in [0.5, 0.6) is 0 Å². The first-order valence-corrected chi connectivity index (χ1v) is 14.6. The van der Waals surface area contributed by atoms with Crippen molar-refractivity contribution in [1.29, 1.82) is 0 Å². The van der Waals surface area contributed by atoms with Crippen molar-refractivity contribution in [2.24, 2.45) is 0 Å². The second-order valence-corrected chi connectivity index (χ2v) is 11.0. The molecule has 3 atom stereocenters. The third-order valence-corrected chi connectivity index (χ3v) is 7.77. The van der Waals surface area contributed by atoms with Crippen LogP contribution in [-0.2, 0) is 11.3 Å². The van der Waals surface area contributed by atoms with E-state index in [1.807, 2.05) is 79.7 Å². The zero-order valence-corrected chi connectivity index (χ0v) is 24.9. The van der Waals surface area contributed by atoms with Crippen LogP contribution in [0.25, 0.3) is 11.1 Å². The highest BCUT2D eigenvalue weighted by molar-refractivity contribution is 5.97. The Kier molecular flexibility index (Phi) is 11.3.